The summed E-state index contributed by atoms with van der Waals surface area (Å²) in [6.45, 7) is 0. The molecule has 5 nitrogen and oxygen atoms in total. The van der Waals surface area contributed by atoms with Crippen LogP contribution in [0.25, 0.3) is 0 Å². The zero-order valence-electron chi connectivity index (χ0n) is 8.82. The molecule has 2 rings (SSSR count). The zero-order valence-corrected chi connectivity index (χ0v) is 8.82. The maximum atomic E-state index is 11.3. The van der Waals surface area contributed by atoms with Crippen molar-refractivity contribution in [1.82, 2.24) is 0 Å². The molecule has 0 saturated heterocycles. The zero-order chi connectivity index (χ0) is 11.5. The molecule has 84 valence electrons. The average Bonchev–Trinajstić information content (AvgIpc) is 2.71. The molecule has 1 heterocycles. The largest absolute Gasteiger partial charge is 0.467 e. The van der Waals surface area contributed by atoms with Crippen molar-refractivity contribution in [3.05, 3.63) is 23.8 Å². The number of fused-ring (bicyclic) bond motifs is 1. The number of carbonyl (C=O) groups is 2. The van der Waals surface area contributed by atoms with Gasteiger partial charge in [-0.2, -0.15) is 0 Å². The molecule has 1 aromatic rings. The smallest absolute Gasteiger partial charge is 0.328 e. The van der Waals surface area contributed by atoms with Gasteiger partial charge in [0.2, 0.25) is 6.41 Å². The second-order valence-corrected chi connectivity index (χ2v) is 3.56. The lowest BCUT2D eigenvalue weighted by molar-refractivity contribution is -0.141. The number of hydrogen-bond acceptors (Lipinski definition) is 4. The molecule has 0 aliphatic carbocycles. The minimum Gasteiger partial charge on any atom is -0.467 e. The molecular formula is C11H12N2O3. The third kappa shape index (κ3) is 1.84. The van der Waals surface area contributed by atoms with E-state index in [0.29, 0.717) is 18.5 Å². The molecule has 2 N–H and O–H groups in total. The molecule has 0 fully saturated rings. The van der Waals surface area contributed by atoms with Crippen LogP contribution >= 0.6 is 0 Å². The molecular weight excluding hydrogens is 208 g/mol. The first-order valence-corrected chi connectivity index (χ1v) is 4.92. The van der Waals surface area contributed by atoms with Crippen LogP contribution in [0.1, 0.15) is 5.56 Å². The molecule has 16 heavy (non-hydrogen) atoms. The monoisotopic (exact) mass is 220 g/mol. The highest BCUT2D eigenvalue weighted by Crippen LogP contribution is 2.28. The topological polar surface area (TPSA) is 67.4 Å². The molecule has 0 saturated carbocycles. The summed E-state index contributed by atoms with van der Waals surface area (Å²) in [7, 11) is 1.37. The molecule has 5 heteroatoms. The van der Waals surface area contributed by atoms with Gasteiger partial charge in [-0.15, -0.1) is 0 Å². The lowest BCUT2D eigenvalue weighted by atomic mass is 10.1. The SMILES string of the molecule is COC(=O)C1Cc2ccc(NC=O)cc2N1. The van der Waals surface area contributed by atoms with E-state index in [1.54, 1.807) is 12.1 Å². The fourth-order valence-electron chi connectivity index (χ4n) is 1.79. The Bertz CT molecular complexity index is 431. The van der Waals surface area contributed by atoms with E-state index in [2.05, 4.69) is 15.4 Å². The van der Waals surface area contributed by atoms with E-state index >= 15 is 0 Å². The fraction of sp³-hybridized carbons (Fsp3) is 0.273. The quantitative estimate of drug-likeness (QED) is 0.583. The molecule has 1 aliphatic rings. The summed E-state index contributed by atoms with van der Waals surface area (Å²) in [5, 5.41) is 5.61. The van der Waals surface area contributed by atoms with Gasteiger partial charge in [0.05, 0.1) is 7.11 Å². The molecule has 0 bridgehead atoms. The van der Waals surface area contributed by atoms with Crippen molar-refractivity contribution < 1.29 is 14.3 Å². The first-order chi connectivity index (χ1) is 7.74. The van der Waals surface area contributed by atoms with E-state index in [4.69, 9.17) is 0 Å². The van der Waals surface area contributed by atoms with Crippen LogP contribution in [0.5, 0.6) is 0 Å². The second kappa shape index (κ2) is 4.22. The van der Waals surface area contributed by atoms with Gasteiger partial charge in [0.1, 0.15) is 6.04 Å². The predicted octanol–water partition coefficient (Wildman–Crippen LogP) is 0.764. The standard InChI is InChI=1S/C11H12N2O3/c1-16-11(15)10-4-7-2-3-8(12-6-14)5-9(7)13-10/h2-3,5-6,10,13H,4H2,1H3,(H,12,14). The highest BCUT2D eigenvalue weighted by Gasteiger charge is 2.27. The van der Waals surface area contributed by atoms with E-state index in [-0.39, 0.29) is 12.0 Å². The molecule has 0 spiro atoms. The second-order valence-electron chi connectivity index (χ2n) is 3.56. The Balaban J connectivity index is 2.17. The van der Waals surface area contributed by atoms with Crippen molar-refractivity contribution in [3.8, 4) is 0 Å². The molecule has 1 aliphatic heterocycles. The Morgan fingerprint density at radius 1 is 1.62 bits per heavy atom. The fourth-order valence-corrected chi connectivity index (χ4v) is 1.79. The normalized spacial score (nSPS) is 17.2. The number of ether oxygens (including phenoxy) is 1. The number of anilines is 2. The van der Waals surface area contributed by atoms with Gasteiger partial charge < -0.3 is 15.4 Å². The Labute approximate surface area is 92.8 Å². The van der Waals surface area contributed by atoms with Crippen LogP contribution in [0.4, 0.5) is 11.4 Å². The minimum absolute atomic E-state index is 0.277. The van der Waals surface area contributed by atoms with Crippen LogP contribution in [0.2, 0.25) is 0 Å². The lowest BCUT2D eigenvalue weighted by Crippen LogP contribution is -2.27. The summed E-state index contributed by atoms with van der Waals surface area (Å²) in [6, 6.07) is 5.16. The number of hydrogen-bond donors (Lipinski definition) is 2. The minimum atomic E-state index is -0.327. The van der Waals surface area contributed by atoms with Crippen LogP contribution in [-0.4, -0.2) is 25.5 Å². The van der Waals surface area contributed by atoms with Gasteiger partial charge in [0.25, 0.3) is 0 Å². The molecule has 0 aromatic heterocycles. The van der Waals surface area contributed by atoms with Gasteiger partial charge in [0.15, 0.2) is 0 Å². The van der Waals surface area contributed by atoms with Crippen molar-refractivity contribution in [2.45, 2.75) is 12.5 Å². The van der Waals surface area contributed by atoms with Gasteiger partial charge in [0, 0.05) is 17.8 Å². The Kier molecular flexibility index (Phi) is 2.76. The van der Waals surface area contributed by atoms with Crippen molar-refractivity contribution >= 4 is 23.8 Å². The van der Waals surface area contributed by atoms with Crippen molar-refractivity contribution in [2.24, 2.45) is 0 Å². The Morgan fingerprint density at radius 2 is 2.44 bits per heavy atom. The summed E-state index contributed by atoms with van der Waals surface area (Å²) >= 11 is 0. The molecule has 1 amide bonds. The van der Waals surface area contributed by atoms with Gasteiger partial charge >= 0.3 is 5.97 Å². The number of amides is 1. The van der Waals surface area contributed by atoms with Crippen LogP contribution in [0.15, 0.2) is 18.2 Å². The first-order valence-electron chi connectivity index (χ1n) is 4.92. The van der Waals surface area contributed by atoms with Crippen LogP contribution in [0.3, 0.4) is 0 Å². The van der Waals surface area contributed by atoms with E-state index in [9.17, 15) is 9.59 Å². The van der Waals surface area contributed by atoms with E-state index in [0.717, 1.165) is 11.3 Å². The summed E-state index contributed by atoms with van der Waals surface area (Å²) in [5.74, 6) is -0.277. The lowest BCUT2D eigenvalue weighted by Gasteiger charge is -2.07. The molecule has 1 unspecified atom stereocenters. The number of methoxy groups -OCH3 is 1. The average molecular weight is 220 g/mol. The number of esters is 1. The maximum absolute atomic E-state index is 11.3. The van der Waals surface area contributed by atoms with E-state index in [1.165, 1.54) is 7.11 Å². The Hall–Kier alpha value is -2.04. The number of nitrogens with one attached hydrogen (secondary N) is 2. The number of rotatable bonds is 3. The van der Waals surface area contributed by atoms with Crippen molar-refractivity contribution in [2.75, 3.05) is 17.7 Å². The highest BCUT2D eigenvalue weighted by molar-refractivity contribution is 5.84. The van der Waals surface area contributed by atoms with Crippen molar-refractivity contribution in [3.63, 3.8) is 0 Å². The Morgan fingerprint density at radius 3 is 3.12 bits per heavy atom. The van der Waals surface area contributed by atoms with E-state index < -0.39 is 0 Å². The van der Waals surface area contributed by atoms with Gasteiger partial charge in [-0.05, 0) is 17.7 Å². The van der Waals surface area contributed by atoms with Crippen LogP contribution in [-0.2, 0) is 20.7 Å². The third-order valence-corrected chi connectivity index (χ3v) is 2.57. The summed E-state index contributed by atoms with van der Waals surface area (Å²) in [4.78, 5) is 21.6. The number of benzene rings is 1. The molecule has 0 radical (unpaired) electrons. The van der Waals surface area contributed by atoms with Crippen LogP contribution in [0, 0.1) is 0 Å². The predicted molar refractivity (Wildman–Crippen MR) is 59.3 cm³/mol. The molecule has 1 aromatic carbocycles. The highest BCUT2D eigenvalue weighted by atomic mass is 16.5. The van der Waals surface area contributed by atoms with Gasteiger partial charge in [-0.25, -0.2) is 4.79 Å². The summed E-state index contributed by atoms with van der Waals surface area (Å²) in [5.41, 5.74) is 2.61. The van der Waals surface area contributed by atoms with Gasteiger partial charge in [-0.1, -0.05) is 6.07 Å². The molecule has 1 atom stereocenters. The van der Waals surface area contributed by atoms with Gasteiger partial charge in [-0.3, -0.25) is 4.79 Å². The third-order valence-electron chi connectivity index (χ3n) is 2.57. The maximum Gasteiger partial charge on any atom is 0.328 e. The van der Waals surface area contributed by atoms with E-state index in [1.807, 2.05) is 6.07 Å². The van der Waals surface area contributed by atoms with Crippen LogP contribution < -0.4 is 10.6 Å². The summed E-state index contributed by atoms with van der Waals surface area (Å²) in [6.07, 6.45) is 1.23. The summed E-state index contributed by atoms with van der Waals surface area (Å²) < 4.78 is 4.67. The van der Waals surface area contributed by atoms with Crippen molar-refractivity contribution in [1.29, 1.82) is 0 Å². The number of carbonyl (C=O) groups excluding carboxylic acids is 2. The first kappa shape index (κ1) is 10.5.